The third-order valence-corrected chi connectivity index (χ3v) is 5.59. The minimum Gasteiger partial charge on any atom is -0.437 e. The van der Waals surface area contributed by atoms with Crippen LogP contribution in [0.15, 0.2) is 60.5 Å². The summed E-state index contributed by atoms with van der Waals surface area (Å²) < 4.78 is 7.64. The van der Waals surface area contributed by atoms with E-state index < -0.39 is 0 Å². The largest absolute Gasteiger partial charge is 0.437 e. The summed E-state index contributed by atoms with van der Waals surface area (Å²) >= 11 is 2.95. The fraction of sp³-hybridized carbons (Fsp3) is 0. The smallest absolute Gasteiger partial charge is 0.265 e. The molecule has 0 aliphatic heterocycles. The van der Waals surface area contributed by atoms with Crippen molar-refractivity contribution in [2.24, 2.45) is 0 Å². The summed E-state index contributed by atoms with van der Waals surface area (Å²) in [6.07, 6.45) is 6.61. The minimum atomic E-state index is -0.182. The van der Waals surface area contributed by atoms with Crippen LogP contribution < -0.4 is 10.1 Å². The lowest BCUT2D eigenvalue weighted by Gasteiger charge is -2.07. The maximum atomic E-state index is 12.6. The molecule has 0 radical (unpaired) electrons. The van der Waals surface area contributed by atoms with Crippen LogP contribution in [0.4, 0.5) is 5.69 Å². The average molecular weight is 393 g/mol. The number of rotatable bonds is 4. The molecule has 0 saturated heterocycles. The Morgan fingerprint density at radius 1 is 1.22 bits per heavy atom. The van der Waals surface area contributed by atoms with Gasteiger partial charge >= 0.3 is 0 Å². The molecule has 1 amide bonds. The number of benzene rings is 1. The maximum absolute atomic E-state index is 12.6. The van der Waals surface area contributed by atoms with E-state index in [4.69, 9.17) is 4.74 Å². The van der Waals surface area contributed by atoms with Gasteiger partial charge in [-0.15, -0.1) is 22.7 Å². The number of carbonyl (C=O) groups excluding carboxylic acids is 1. The van der Waals surface area contributed by atoms with Gasteiger partial charge in [0.25, 0.3) is 5.91 Å². The van der Waals surface area contributed by atoms with Crippen LogP contribution in [0.5, 0.6) is 11.6 Å². The Bertz CT molecular complexity index is 1260. The first-order chi connectivity index (χ1) is 13.3. The predicted molar refractivity (Wildman–Crippen MR) is 105 cm³/mol. The van der Waals surface area contributed by atoms with Crippen molar-refractivity contribution in [1.29, 1.82) is 0 Å². The topological polar surface area (TPSA) is 81.4 Å². The molecule has 7 nitrogen and oxygen atoms in total. The van der Waals surface area contributed by atoms with Crippen LogP contribution in [0.25, 0.3) is 15.3 Å². The highest BCUT2D eigenvalue weighted by molar-refractivity contribution is 7.21. The van der Waals surface area contributed by atoms with Crippen molar-refractivity contribution in [2.45, 2.75) is 0 Å². The van der Waals surface area contributed by atoms with Crippen LogP contribution in [0.2, 0.25) is 0 Å². The highest BCUT2D eigenvalue weighted by Gasteiger charge is 2.15. The number of carbonyl (C=O) groups is 1. The normalized spacial score (nSPS) is 11.1. The highest BCUT2D eigenvalue weighted by atomic mass is 32.1. The molecule has 0 aliphatic carbocycles. The van der Waals surface area contributed by atoms with Gasteiger partial charge in [-0.05, 0) is 18.2 Å². The Balaban J connectivity index is 1.37. The molecule has 0 atom stereocenters. The number of ether oxygens (including phenoxy) is 1. The molecule has 27 heavy (non-hydrogen) atoms. The zero-order chi connectivity index (χ0) is 18.2. The fourth-order valence-corrected chi connectivity index (χ4v) is 4.34. The van der Waals surface area contributed by atoms with Crippen molar-refractivity contribution in [3.05, 3.63) is 65.4 Å². The number of fused-ring (bicyclic) bond motifs is 3. The van der Waals surface area contributed by atoms with Gasteiger partial charge in [0.2, 0.25) is 5.88 Å². The van der Waals surface area contributed by atoms with Crippen molar-refractivity contribution in [3.8, 4) is 11.6 Å². The van der Waals surface area contributed by atoms with E-state index in [2.05, 4.69) is 20.3 Å². The number of nitrogens with one attached hydrogen (secondary N) is 1. The molecule has 1 N–H and O–H groups in total. The predicted octanol–water partition coefficient (Wildman–Crippen LogP) is 4.45. The van der Waals surface area contributed by atoms with Crippen molar-refractivity contribution < 1.29 is 9.53 Å². The van der Waals surface area contributed by atoms with E-state index in [0.29, 0.717) is 22.2 Å². The number of imidazole rings is 1. The average Bonchev–Trinajstić information content (AvgIpc) is 3.35. The van der Waals surface area contributed by atoms with Crippen molar-refractivity contribution in [2.75, 3.05) is 5.32 Å². The van der Waals surface area contributed by atoms with E-state index in [9.17, 15) is 4.79 Å². The SMILES string of the molecule is O=C(Nc1cccc(Oc2cnccn2)c1)c1cc2c(nc3sccn32)s1. The number of thiophene rings is 1. The first-order valence-corrected chi connectivity index (χ1v) is 9.66. The lowest BCUT2D eigenvalue weighted by molar-refractivity contribution is 0.103. The summed E-state index contributed by atoms with van der Waals surface area (Å²) in [4.78, 5) is 27.6. The fourth-order valence-electron chi connectivity index (χ4n) is 2.65. The van der Waals surface area contributed by atoms with E-state index in [1.54, 1.807) is 48.0 Å². The van der Waals surface area contributed by atoms with Crippen LogP contribution in [-0.2, 0) is 0 Å². The molecule has 0 aliphatic rings. The molecule has 0 saturated carbocycles. The quantitative estimate of drug-likeness (QED) is 0.488. The Kier molecular flexibility index (Phi) is 3.80. The molecule has 4 aromatic heterocycles. The molecule has 1 aromatic carbocycles. The molecule has 0 unspecified atom stereocenters. The summed E-state index contributed by atoms with van der Waals surface area (Å²) in [5, 5.41) is 4.87. The van der Waals surface area contributed by atoms with E-state index in [0.717, 1.165) is 15.3 Å². The van der Waals surface area contributed by atoms with Gasteiger partial charge < -0.3 is 10.1 Å². The summed E-state index contributed by atoms with van der Waals surface area (Å²) in [6.45, 7) is 0. The maximum Gasteiger partial charge on any atom is 0.265 e. The summed E-state index contributed by atoms with van der Waals surface area (Å²) in [5.74, 6) is 0.773. The first-order valence-electron chi connectivity index (χ1n) is 7.97. The number of hydrogen-bond donors (Lipinski definition) is 1. The first kappa shape index (κ1) is 15.9. The molecule has 9 heteroatoms. The summed E-state index contributed by atoms with van der Waals surface area (Å²) in [7, 11) is 0. The number of hydrogen-bond acceptors (Lipinski definition) is 7. The zero-order valence-corrected chi connectivity index (χ0v) is 15.3. The molecular weight excluding hydrogens is 382 g/mol. The number of thiazole rings is 1. The van der Waals surface area contributed by atoms with Crippen molar-refractivity contribution in [1.82, 2.24) is 19.4 Å². The third kappa shape index (κ3) is 3.03. The van der Waals surface area contributed by atoms with Gasteiger partial charge in [-0.1, -0.05) is 6.07 Å². The number of amides is 1. The lowest BCUT2D eigenvalue weighted by atomic mass is 10.3. The van der Waals surface area contributed by atoms with Gasteiger partial charge in [0.1, 0.15) is 10.6 Å². The molecular formula is C18H11N5O2S2. The minimum absolute atomic E-state index is 0.182. The van der Waals surface area contributed by atoms with Gasteiger partial charge in [-0.25, -0.2) is 9.97 Å². The molecule has 5 rings (SSSR count). The van der Waals surface area contributed by atoms with E-state index in [1.807, 2.05) is 22.0 Å². The summed E-state index contributed by atoms with van der Waals surface area (Å²) in [6, 6.07) is 9.00. The van der Waals surface area contributed by atoms with Gasteiger partial charge in [-0.3, -0.25) is 14.2 Å². The van der Waals surface area contributed by atoms with Crippen LogP contribution in [0, 0.1) is 0 Å². The molecule has 132 valence electrons. The van der Waals surface area contributed by atoms with Gasteiger partial charge in [-0.2, -0.15) is 0 Å². The lowest BCUT2D eigenvalue weighted by Crippen LogP contribution is -2.10. The van der Waals surface area contributed by atoms with Crippen molar-refractivity contribution in [3.63, 3.8) is 0 Å². The Morgan fingerprint density at radius 2 is 2.19 bits per heavy atom. The van der Waals surface area contributed by atoms with E-state index >= 15 is 0 Å². The molecule has 0 fully saturated rings. The second kappa shape index (κ2) is 6.45. The van der Waals surface area contributed by atoms with Gasteiger partial charge in [0.15, 0.2) is 4.96 Å². The Hall–Kier alpha value is -3.30. The van der Waals surface area contributed by atoms with E-state index in [1.165, 1.54) is 17.5 Å². The van der Waals surface area contributed by atoms with Crippen LogP contribution >= 0.6 is 22.7 Å². The second-order valence-corrected chi connectivity index (χ2v) is 7.50. The Labute approximate surface area is 160 Å². The molecule has 4 heterocycles. The van der Waals surface area contributed by atoms with Crippen LogP contribution in [0.3, 0.4) is 0 Å². The van der Waals surface area contributed by atoms with Crippen LogP contribution in [-0.4, -0.2) is 25.3 Å². The van der Waals surface area contributed by atoms with Gasteiger partial charge in [0, 0.05) is 35.7 Å². The second-order valence-electron chi connectivity index (χ2n) is 5.60. The Morgan fingerprint density at radius 3 is 3.07 bits per heavy atom. The number of nitrogens with zero attached hydrogens (tertiary/aromatic N) is 4. The number of aromatic nitrogens is 4. The number of anilines is 1. The highest BCUT2D eigenvalue weighted by Crippen LogP contribution is 2.29. The van der Waals surface area contributed by atoms with Crippen molar-refractivity contribution >= 4 is 49.6 Å². The molecule has 5 aromatic rings. The van der Waals surface area contributed by atoms with Gasteiger partial charge in [0.05, 0.1) is 16.6 Å². The molecule has 0 bridgehead atoms. The van der Waals surface area contributed by atoms with E-state index in [-0.39, 0.29) is 5.91 Å². The zero-order valence-electron chi connectivity index (χ0n) is 13.7. The molecule has 0 spiro atoms. The third-order valence-electron chi connectivity index (χ3n) is 3.82. The van der Waals surface area contributed by atoms with Crippen LogP contribution in [0.1, 0.15) is 9.67 Å². The standard InChI is InChI=1S/C18H11N5O2S2/c24-16(14-9-13-17(27-14)22-18-23(13)6-7-26-18)21-11-2-1-3-12(8-11)25-15-10-19-4-5-20-15/h1-10H,(H,21,24). The monoisotopic (exact) mass is 393 g/mol. The summed E-state index contributed by atoms with van der Waals surface area (Å²) in [5.41, 5.74) is 1.58.